The highest BCUT2D eigenvalue weighted by Crippen LogP contribution is 2.12. The lowest BCUT2D eigenvalue weighted by atomic mass is 10.1. The van der Waals surface area contributed by atoms with Crippen molar-refractivity contribution in [3.63, 3.8) is 0 Å². The van der Waals surface area contributed by atoms with Crippen LogP contribution < -0.4 is 15.6 Å². The third-order valence-corrected chi connectivity index (χ3v) is 4.07. The second-order valence-corrected chi connectivity index (χ2v) is 5.86. The molecule has 0 saturated heterocycles. The average molecular weight is 348 g/mol. The molecule has 0 bridgehead atoms. The van der Waals surface area contributed by atoms with Gasteiger partial charge in [-0.3, -0.25) is 9.59 Å². The zero-order valence-corrected chi connectivity index (χ0v) is 14.5. The normalized spacial score (nSPS) is 11.0. The lowest BCUT2D eigenvalue weighted by molar-refractivity contribution is -0.116. The smallest absolute Gasteiger partial charge is 0.255 e. The van der Waals surface area contributed by atoms with E-state index in [1.165, 1.54) is 12.2 Å². The molecular weight excluding hydrogens is 328 g/mol. The molecule has 1 heterocycles. The number of ether oxygens (including phenoxy) is 1. The highest BCUT2D eigenvalue weighted by atomic mass is 16.5. The van der Waals surface area contributed by atoms with E-state index in [-0.39, 0.29) is 11.5 Å². The Hall–Kier alpha value is -3.34. The van der Waals surface area contributed by atoms with Gasteiger partial charge in [-0.15, -0.1) is 0 Å². The minimum atomic E-state index is -0.230. The first-order valence-corrected chi connectivity index (χ1v) is 8.36. The largest absolute Gasteiger partial charge is 0.497 e. The number of fused-ring (bicyclic) bond motifs is 1. The van der Waals surface area contributed by atoms with Crippen LogP contribution in [0.4, 0.5) is 0 Å². The van der Waals surface area contributed by atoms with E-state index in [9.17, 15) is 9.59 Å². The summed E-state index contributed by atoms with van der Waals surface area (Å²) in [6, 6.07) is 17.0. The molecule has 3 aromatic rings. The Labute approximate surface area is 151 Å². The molecule has 0 unspecified atom stereocenters. The fourth-order valence-electron chi connectivity index (χ4n) is 2.63. The average Bonchev–Trinajstić information content (AvgIpc) is 2.67. The van der Waals surface area contributed by atoms with E-state index in [0.717, 1.165) is 28.6 Å². The topological polar surface area (TPSA) is 71.2 Å². The van der Waals surface area contributed by atoms with Crippen molar-refractivity contribution in [2.75, 3.05) is 13.7 Å². The number of methoxy groups -OCH3 is 1. The molecule has 0 aliphatic carbocycles. The molecule has 132 valence electrons. The second kappa shape index (κ2) is 8.16. The number of hydrogen-bond acceptors (Lipinski definition) is 3. The standard InChI is InChI=1S/C21H20N2O3/c1-26-18-9-6-15(7-10-18)12-13-22-20(24)11-8-17-14-16-4-2-3-5-19(16)23-21(17)25/h2-11,14H,12-13H2,1H3,(H,22,24)(H,23,25)/b11-8+. The molecule has 5 heteroatoms. The van der Waals surface area contributed by atoms with E-state index in [0.29, 0.717) is 12.1 Å². The zero-order chi connectivity index (χ0) is 18.4. The Morgan fingerprint density at radius 3 is 2.69 bits per heavy atom. The van der Waals surface area contributed by atoms with Crippen LogP contribution in [0.1, 0.15) is 11.1 Å². The minimum Gasteiger partial charge on any atom is -0.497 e. The summed E-state index contributed by atoms with van der Waals surface area (Å²) in [6.07, 6.45) is 3.64. The fraction of sp³-hybridized carbons (Fsp3) is 0.143. The SMILES string of the molecule is COc1ccc(CCNC(=O)/C=C/c2cc3ccccc3[nH]c2=O)cc1. The predicted molar refractivity (Wildman–Crippen MR) is 103 cm³/mol. The van der Waals surface area contributed by atoms with Crippen LogP contribution >= 0.6 is 0 Å². The summed E-state index contributed by atoms with van der Waals surface area (Å²) in [7, 11) is 1.63. The number of aromatic nitrogens is 1. The van der Waals surface area contributed by atoms with Crippen LogP contribution in [-0.4, -0.2) is 24.5 Å². The maximum atomic E-state index is 12.0. The second-order valence-electron chi connectivity index (χ2n) is 5.86. The Morgan fingerprint density at radius 2 is 1.92 bits per heavy atom. The van der Waals surface area contributed by atoms with Gasteiger partial charge in [0.05, 0.1) is 7.11 Å². The van der Waals surface area contributed by atoms with Crippen molar-refractivity contribution in [2.24, 2.45) is 0 Å². The van der Waals surface area contributed by atoms with Gasteiger partial charge in [-0.1, -0.05) is 30.3 Å². The van der Waals surface area contributed by atoms with Crippen LogP contribution in [0.5, 0.6) is 5.75 Å². The summed E-state index contributed by atoms with van der Waals surface area (Å²) >= 11 is 0. The van der Waals surface area contributed by atoms with Crippen LogP contribution in [0, 0.1) is 0 Å². The summed E-state index contributed by atoms with van der Waals surface area (Å²) in [4.78, 5) is 26.8. The molecule has 2 N–H and O–H groups in total. The van der Waals surface area contributed by atoms with Gasteiger partial charge in [-0.25, -0.2) is 0 Å². The zero-order valence-electron chi connectivity index (χ0n) is 14.5. The Bertz CT molecular complexity index is 988. The highest BCUT2D eigenvalue weighted by Gasteiger charge is 2.01. The van der Waals surface area contributed by atoms with E-state index >= 15 is 0 Å². The van der Waals surface area contributed by atoms with Gasteiger partial charge in [0.1, 0.15) is 5.75 Å². The summed E-state index contributed by atoms with van der Waals surface area (Å²) in [5, 5.41) is 3.74. The first kappa shape index (κ1) is 17.5. The van der Waals surface area contributed by atoms with Crippen molar-refractivity contribution in [1.29, 1.82) is 0 Å². The molecule has 3 rings (SSSR count). The van der Waals surface area contributed by atoms with Crippen LogP contribution in [0.3, 0.4) is 0 Å². The van der Waals surface area contributed by atoms with Gasteiger partial charge in [0, 0.05) is 23.7 Å². The van der Waals surface area contributed by atoms with Gasteiger partial charge in [0.2, 0.25) is 5.91 Å². The van der Waals surface area contributed by atoms with E-state index < -0.39 is 0 Å². The van der Waals surface area contributed by atoms with Gasteiger partial charge in [0.25, 0.3) is 5.56 Å². The van der Waals surface area contributed by atoms with Gasteiger partial charge >= 0.3 is 0 Å². The number of para-hydroxylation sites is 1. The van der Waals surface area contributed by atoms with Crippen LogP contribution in [0.15, 0.2) is 65.5 Å². The lowest BCUT2D eigenvalue weighted by Gasteiger charge is -2.04. The molecule has 0 saturated carbocycles. The first-order valence-electron chi connectivity index (χ1n) is 8.36. The predicted octanol–water partition coefficient (Wildman–Crippen LogP) is 2.91. The molecule has 0 radical (unpaired) electrons. The molecule has 0 aliphatic rings. The van der Waals surface area contributed by atoms with Crippen molar-refractivity contribution >= 4 is 22.9 Å². The number of hydrogen-bond donors (Lipinski definition) is 2. The van der Waals surface area contributed by atoms with Gasteiger partial charge in [-0.2, -0.15) is 0 Å². The molecule has 26 heavy (non-hydrogen) atoms. The van der Waals surface area contributed by atoms with Crippen molar-refractivity contribution in [3.05, 3.63) is 82.2 Å². The Kier molecular flexibility index (Phi) is 5.49. The van der Waals surface area contributed by atoms with Crippen molar-refractivity contribution in [2.45, 2.75) is 6.42 Å². The molecular formula is C21H20N2O3. The van der Waals surface area contributed by atoms with Gasteiger partial charge in [-0.05, 0) is 47.7 Å². The number of benzene rings is 2. The number of H-pyrrole nitrogens is 1. The quantitative estimate of drug-likeness (QED) is 0.673. The summed E-state index contributed by atoms with van der Waals surface area (Å²) < 4.78 is 5.12. The first-order chi connectivity index (χ1) is 12.7. The number of pyridine rings is 1. The third-order valence-electron chi connectivity index (χ3n) is 4.07. The number of rotatable bonds is 6. The number of aromatic amines is 1. The molecule has 0 aliphatic heterocycles. The van der Waals surface area contributed by atoms with Crippen LogP contribution in [0.25, 0.3) is 17.0 Å². The maximum Gasteiger partial charge on any atom is 0.255 e. The van der Waals surface area contributed by atoms with E-state index in [1.54, 1.807) is 13.2 Å². The van der Waals surface area contributed by atoms with Gasteiger partial charge < -0.3 is 15.0 Å². The number of amides is 1. The Balaban J connectivity index is 1.57. The van der Waals surface area contributed by atoms with Crippen molar-refractivity contribution in [1.82, 2.24) is 10.3 Å². The number of nitrogens with one attached hydrogen (secondary N) is 2. The lowest BCUT2D eigenvalue weighted by Crippen LogP contribution is -2.23. The summed E-state index contributed by atoms with van der Waals surface area (Å²) in [5.41, 5.74) is 2.12. The molecule has 0 atom stereocenters. The number of carbonyl (C=O) groups excluding carboxylic acids is 1. The summed E-state index contributed by atoms with van der Waals surface area (Å²) in [6.45, 7) is 0.517. The van der Waals surface area contributed by atoms with E-state index in [2.05, 4.69) is 10.3 Å². The van der Waals surface area contributed by atoms with E-state index in [1.807, 2.05) is 48.5 Å². The third kappa shape index (κ3) is 4.39. The molecule has 1 amide bonds. The minimum absolute atomic E-state index is 0.217. The summed E-state index contributed by atoms with van der Waals surface area (Å²) in [5.74, 6) is 0.576. The van der Waals surface area contributed by atoms with Crippen molar-refractivity contribution < 1.29 is 9.53 Å². The number of carbonyl (C=O) groups is 1. The Morgan fingerprint density at radius 1 is 1.15 bits per heavy atom. The van der Waals surface area contributed by atoms with E-state index in [4.69, 9.17) is 4.74 Å². The molecule has 0 spiro atoms. The molecule has 5 nitrogen and oxygen atoms in total. The molecule has 0 fully saturated rings. The van der Waals surface area contributed by atoms with Crippen LogP contribution in [0.2, 0.25) is 0 Å². The van der Waals surface area contributed by atoms with Crippen molar-refractivity contribution in [3.8, 4) is 5.75 Å². The van der Waals surface area contributed by atoms with Gasteiger partial charge in [0.15, 0.2) is 0 Å². The monoisotopic (exact) mass is 348 g/mol. The highest BCUT2D eigenvalue weighted by molar-refractivity contribution is 5.92. The molecule has 1 aromatic heterocycles. The molecule has 2 aromatic carbocycles. The maximum absolute atomic E-state index is 12.0. The fourth-order valence-corrected chi connectivity index (χ4v) is 2.63. The van der Waals surface area contributed by atoms with Crippen LogP contribution in [-0.2, 0) is 11.2 Å².